The van der Waals surface area contributed by atoms with Crippen molar-refractivity contribution >= 4 is 11.8 Å². The maximum atomic E-state index is 11.4. The second-order valence-corrected chi connectivity index (χ2v) is 4.98. The first-order valence-corrected chi connectivity index (χ1v) is 7.27. The molecule has 7 heteroatoms. The van der Waals surface area contributed by atoms with E-state index in [9.17, 15) is 19.8 Å². The molecule has 0 rings (SSSR count). The molecule has 4 N–H and O–H groups in total. The smallest absolute Gasteiger partial charge is 0.306 e. The van der Waals surface area contributed by atoms with E-state index in [1.54, 1.807) is 0 Å². The molecule has 0 fully saturated rings. The molecular weight excluding hydrogens is 280 g/mol. The minimum Gasteiger partial charge on any atom is -0.458 e. The Labute approximate surface area is 124 Å². The highest BCUT2D eigenvalue weighted by atomic mass is 16.5. The second-order valence-electron chi connectivity index (χ2n) is 4.98. The van der Waals surface area contributed by atoms with Crippen LogP contribution in [0.2, 0.25) is 0 Å². The fraction of sp³-hybridized carbons (Fsp3) is 0.857. The van der Waals surface area contributed by atoms with Gasteiger partial charge in [0, 0.05) is 6.42 Å². The Balaban J connectivity index is 3.88. The molecule has 0 aromatic carbocycles. The van der Waals surface area contributed by atoms with Gasteiger partial charge in [-0.15, -0.1) is 0 Å². The molecule has 0 aliphatic rings. The zero-order valence-electron chi connectivity index (χ0n) is 12.4. The number of ketones is 1. The molecule has 0 aromatic heterocycles. The van der Waals surface area contributed by atoms with Gasteiger partial charge in [-0.3, -0.25) is 9.59 Å². The SMILES string of the molecule is CCCCCCCC(=O)OCC(=O)[C@@H](O)[C@H](O)[C@H](O)CO. The first-order chi connectivity index (χ1) is 9.93. The van der Waals surface area contributed by atoms with E-state index in [1.165, 1.54) is 0 Å². The van der Waals surface area contributed by atoms with Gasteiger partial charge in [-0.25, -0.2) is 0 Å². The molecule has 0 radical (unpaired) electrons. The normalized spacial score (nSPS) is 15.3. The summed E-state index contributed by atoms with van der Waals surface area (Å²) in [4.78, 5) is 22.8. The van der Waals surface area contributed by atoms with Crippen molar-refractivity contribution in [2.45, 2.75) is 63.8 Å². The largest absolute Gasteiger partial charge is 0.458 e. The van der Waals surface area contributed by atoms with Crippen molar-refractivity contribution in [2.75, 3.05) is 13.2 Å². The minimum atomic E-state index is -1.90. The van der Waals surface area contributed by atoms with E-state index in [-0.39, 0.29) is 6.42 Å². The second kappa shape index (κ2) is 11.6. The summed E-state index contributed by atoms with van der Waals surface area (Å²) < 4.78 is 4.69. The van der Waals surface area contributed by atoms with Crippen molar-refractivity contribution in [2.24, 2.45) is 0 Å². The summed E-state index contributed by atoms with van der Waals surface area (Å²) in [6, 6.07) is 0. The van der Waals surface area contributed by atoms with Crippen LogP contribution in [0.1, 0.15) is 45.4 Å². The molecule has 0 aliphatic heterocycles. The van der Waals surface area contributed by atoms with Gasteiger partial charge in [0.25, 0.3) is 0 Å². The topological polar surface area (TPSA) is 124 Å². The van der Waals surface area contributed by atoms with E-state index < -0.39 is 43.3 Å². The average Bonchev–Trinajstić information content (AvgIpc) is 2.49. The lowest BCUT2D eigenvalue weighted by molar-refractivity contribution is -0.155. The predicted molar refractivity (Wildman–Crippen MR) is 74.4 cm³/mol. The Hall–Kier alpha value is -1.02. The zero-order valence-corrected chi connectivity index (χ0v) is 12.4. The number of aliphatic hydroxyl groups excluding tert-OH is 4. The molecule has 0 unspecified atom stereocenters. The number of hydrogen-bond donors (Lipinski definition) is 4. The highest BCUT2D eigenvalue weighted by Crippen LogP contribution is 2.06. The van der Waals surface area contributed by atoms with Crippen LogP contribution in [0.4, 0.5) is 0 Å². The number of carbonyl (C=O) groups is 2. The molecule has 21 heavy (non-hydrogen) atoms. The Bertz CT molecular complexity index is 306. The van der Waals surface area contributed by atoms with Crippen LogP contribution < -0.4 is 0 Å². The third kappa shape index (κ3) is 8.77. The van der Waals surface area contributed by atoms with E-state index in [1.807, 2.05) is 0 Å². The maximum Gasteiger partial charge on any atom is 0.306 e. The molecule has 0 heterocycles. The van der Waals surface area contributed by atoms with E-state index in [4.69, 9.17) is 14.9 Å². The molecule has 0 aliphatic carbocycles. The quantitative estimate of drug-likeness (QED) is 0.284. The number of carbonyl (C=O) groups excluding carboxylic acids is 2. The summed E-state index contributed by atoms with van der Waals surface area (Å²) in [5, 5.41) is 36.4. The summed E-state index contributed by atoms with van der Waals surface area (Å²) in [5.74, 6) is -1.46. The maximum absolute atomic E-state index is 11.4. The van der Waals surface area contributed by atoms with Crippen molar-refractivity contribution in [3.05, 3.63) is 0 Å². The number of ether oxygens (including phenoxy) is 1. The van der Waals surface area contributed by atoms with Gasteiger partial charge in [-0.05, 0) is 6.42 Å². The molecule has 3 atom stereocenters. The van der Waals surface area contributed by atoms with Crippen LogP contribution in [0.15, 0.2) is 0 Å². The van der Waals surface area contributed by atoms with E-state index in [0.29, 0.717) is 6.42 Å². The molecular formula is C14H26O7. The molecule has 0 saturated heterocycles. The standard InChI is InChI=1S/C14H26O7/c1-2-3-4-5-6-7-12(18)21-9-11(17)14(20)13(19)10(16)8-15/h10,13-16,19-20H,2-9H2,1H3/t10-,13-,14-/m1/s1. The first kappa shape index (κ1) is 20.0. The number of esters is 1. The number of Topliss-reactive ketones (excluding diaryl/α,β-unsaturated/α-hetero) is 1. The van der Waals surface area contributed by atoms with Gasteiger partial charge in [0.2, 0.25) is 5.78 Å². The summed E-state index contributed by atoms with van der Waals surface area (Å²) >= 11 is 0. The third-order valence-electron chi connectivity index (χ3n) is 3.09. The van der Waals surface area contributed by atoms with Crippen molar-refractivity contribution in [1.82, 2.24) is 0 Å². The molecule has 124 valence electrons. The van der Waals surface area contributed by atoms with Crippen LogP contribution in [-0.2, 0) is 14.3 Å². The molecule has 0 saturated carbocycles. The molecule has 0 bridgehead atoms. The Morgan fingerprint density at radius 1 is 1.05 bits per heavy atom. The number of aliphatic hydroxyl groups is 4. The van der Waals surface area contributed by atoms with Gasteiger partial charge in [-0.1, -0.05) is 32.6 Å². The highest BCUT2D eigenvalue weighted by Gasteiger charge is 2.30. The zero-order chi connectivity index (χ0) is 16.3. The Kier molecular flexibility index (Phi) is 11.1. The van der Waals surface area contributed by atoms with Gasteiger partial charge in [0.15, 0.2) is 6.61 Å². The van der Waals surface area contributed by atoms with Crippen molar-refractivity contribution in [1.29, 1.82) is 0 Å². The number of rotatable bonds is 12. The highest BCUT2D eigenvalue weighted by molar-refractivity contribution is 5.86. The third-order valence-corrected chi connectivity index (χ3v) is 3.09. The average molecular weight is 306 g/mol. The predicted octanol–water partition coefficient (Wildman–Crippen LogP) is -0.466. The summed E-state index contributed by atoms with van der Waals surface area (Å²) in [6.07, 6.45) is -0.258. The van der Waals surface area contributed by atoms with Gasteiger partial charge >= 0.3 is 5.97 Å². The minimum absolute atomic E-state index is 0.203. The summed E-state index contributed by atoms with van der Waals surface area (Å²) in [7, 11) is 0. The van der Waals surface area contributed by atoms with Crippen LogP contribution in [0.25, 0.3) is 0 Å². The van der Waals surface area contributed by atoms with Gasteiger partial charge in [0.1, 0.15) is 18.3 Å². The van der Waals surface area contributed by atoms with Crippen LogP contribution in [0.5, 0.6) is 0 Å². The summed E-state index contributed by atoms with van der Waals surface area (Å²) in [6.45, 7) is 0.639. The van der Waals surface area contributed by atoms with E-state index in [2.05, 4.69) is 6.92 Å². The lowest BCUT2D eigenvalue weighted by atomic mass is 10.1. The molecule has 0 amide bonds. The molecule has 0 spiro atoms. The number of unbranched alkanes of at least 4 members (excludes halogenated alkanes) is 4. The molecule has 7 nitrogen and oxygen atoms in total. The number of hydrogen-bond acceptors (Lipinski definition) is 7. The first-order valence-electron chi connectivity index (χ1n) is 7.27. The van der Waals surface area contributed by atoms with Crippen LogP contribution in [-0.4, -0.2) is 63.7 Å². The fourth-order valence-corrected chi connectivity index (χ4v) is 1.69. The van der Waals surface area contributed by atoms with Crippen LogP contribution in [0.3, 0.4) is 0 Å². The van der Waals surface area contributed by atoms with Gasteiger partial charge in [-0.2, -0.15) is 0 Å². The summed E-state index contributed by atoms with van der Waals surface area (Å²) in [5.41, 5.74) is 0. The van der Waals surface area contributed by atoms with Crippen molar-refractivity contribution in [3.63, 3.8) is 0 Å². The van der Waals surface area contributed by atoms with Gasteiger partial charge in [0.05, 0.1) is 6.61 Å². The Morgan fingerprint density at radius 3 is 2.24 bits per heavy atom. The van der Waals surface area contributed by atoms with Crippen molar-refractivity contribution < 1.29 is 34.8 Å². The Morgan fingerprint density at radius 2 is 1.67 bits per heavy atom. The van der Waals surface area contributed by atoms with E-state index in [0.717, 1.165) is 25.7 Å². The lowest BCUT2D eigenvalue weighted by Gasteiger charge is -2.20. The van der Waals surface area contributed by atoms with Crippen molar-refractivity contribution in [3.8, 4) is 0 Å². The van der Waals surface area contributed by atoms with Crippen LogP contribution >= 0.6 is 0 Å². The monoisotopic (exact) mass is 306 g/mol. The lowest BCUT2D eigenvalue weighted by Crippen LogP contribution is -2.45. The van der Waals surface area contributed by atoms with E-state index >= 15 is 0 Å². The van der Waals surface area contributed by atoms with Gasteiger partial charge < -0.3 is 25.2 Å². The molecule has 0 aromatic rings. The van der Waals surface area contributed by atoms with Crippen LogP contribution in [0, 0.1) is 0 Å². The fourth-order valence-electron chi connectivity index (χ4n) is 1.69.